The minimum absolute atomic E-state index is 0.0456. The molecule has 0 spiro atoms. The van der Waals surface area contributed by atoms with Gasteiger partial charge in [0.2, 0.25) is 0 Å². The fourth-order valence-corrected chi connectivity index (χ4v) is 5.27. The van der Waals surface area contributed by atoms with Crippen LogP contribution in [0.5, 0.6) is 17.2 Å². The number of thioether (sulfide) groups is 1. The maximum atomic E-state index is 12.6. The van der Waals surface area contributed by atoms with Gasteiger partial charge in [-0.05, 0) is 73.5 Å². The highest BCUT2D eigenvalue weighted by molar-refractivity contribution is 7.98. The van der Waals surface area contributed by atoms with Crippen LogP contribution in [0.2, 0.25) is 0 Å². The molecule has 196 valence electrons. The van der Waals surface area contributed by atoms with E-state index in [1.54, 1.807) is 33.1 Å². The summed E-state index contributed by atoms with van der Waals surface area (Å²) < 4.78 is 16.7. The van der Waals surface area contributed by atoms with E-state index < -0.39 is 0 Å². The number of nitrogens with zero attached hydrogens (tertiary/aromatic N) is 1. The summed E-state index contributed by atoms with van der Waals surface area (Å²) in [6, 6.07) is 20.2. The van der Waals surface area contributed by atoms with Crippen LogP contribution < -0.4 is 19.5 Å². The molecule has 1 aliphatic rings. The molecule has 6 nitrogen and oxygen atoms in total. The van der Waals surface area contributed by atoms with Crippen molar-refractivity contribution in [1.82, 2.24) is 10.2 Å². The Balaban J connectivity index is 1.34. The molecule has 1 fully saturated rings. The van der Waals surface area contributed by atoms with Gasteiger partial charge in [0.05, 0.1) is 26.9 Å². The summed E-state index contributed by atoms with van der Waals surface area (Å²) in [5.74, 6) is 2.75. The van der Waals surface area contributed by atoms with Crippen molar-refractivity contribution in [2.45, 2.75) is 36.7 Å². The van der Waals surface area contributed by atoms with E-state index in [2.05, 4.69) is 34.5 Å². The first-order valence-electron chi connectivity index (χ1n) is 12.6. The maximum Gasteiger partial charge on any atom is 0.251 e. The van der Waals surface area contributed by atoms with E-state index in [1.165, 1.54) is 5.56 Å². The Bertz CT molecular complexity index is 1170. The molecule has 1 N–H and O–H groups in total. The molecule has 0 aliphatic carbocycles. The van der Waals surface area contributed by atoms with Gasteiger partial charge >= 0.3 is 0 Å². The Kier molecular flexibility index (Phi) is 9.36. The van der Waals surface area contributed by atoms with Crippen LogP contribution in [0.3, 0.4) is 0 Å². The van der Waals surface area contributed by atoms with E-state index in [9.17, 15) is 4.79 Å². The van der Waals surface area contributed by atoms with Gasteiger partial charge in [0, 0.05) is 35.7 Å². The lowest BCUT2D eigenvalue weighted by Gasteiger charge is -2.33. The van der Waals surface area contributed by atoms with E-state index in [-0.39, 0.29) is 5.91 Å². The molecule has 0 radical (unpaired) electrons. The summed E-state index contributed by atoms with van der Waals surface area (Å²) in [5.41, 5.74) is 4.20. The van der Waals surface area contributed by atoms with Crippen LogP contribution in [0.25, 0.3) is 0 Å². The highest BCUT2D eigenvalue weighted by atomic mass is 32.2. The molecular weight excluding hydrogens is 484 g/mol. The number of carbonyl (C=O) groups excluding carboxylic acids is 1. The van der Waals surface area contributed by atoms with E-state index >= 15 is 0 Å². The van der Waals surface area contributed by atoms with Gasteiger partial charge in [-0.3, -0.25) is 9.69 Å². The first kappa shape index (κ1) is 26.9. The van der Waals surface area contributed by atoms with Crippen molar-refractivity contribution < 1.29 is 19.0 Å². The molecule has 37 heavy (non-hydrogen) atoms. The number of nitrogens with one attached hydrogen (secondary N) is 1. The smallest absolute Gasteiger partial charge is 0.251 e. The Morgan fingerprint density at radius 1 is 0.946 bits per heavy atom. The number of piperidine rings is 1. The van der Waals surface area contributed by atoms with Crippen molar-refractivity contribution in [3.8, 4) is 17.2 Å². The maximum absolute atomic E-state index is 12.6. The van der Waals surface area contributed by atoms with Crippen LogP contribution in [0, 0.1) is 0 Å². The predicted molar refractivity (Wildman–Crippen MR) is 149 cm³/mol. The molecule has 0 aromatic heterocycles. The van der Waals surface area contributed by atoms with Crippen molar-refractivity contribution in [2.75, 3.05) is 40.7 Å². The number of carbonyl (C=O) groups is 1. The minimum Gasteiger partial charge on any atom is -0.496 e. The van der Waals surface area contributed by atoms with Crippen molar-refractivity contribution in [1.29, 1.82) is 0 Å². The zero-order valence-electron chi connectivity index (χ0n) is 22.1. The average Bonchev–Trinajstić information content (AvgIpc) is 2.96. The molecule has 0 saturated carbocycles. The van der Waals surface area contributed by atoms with Gasteiger partial charge in [0.15, 0.2) is 0 Å². The SMILES string of the molecule is COc1cc(OC)c(CN2CCC(c3cccc(CNC(=O)c4ccc(SC)cc4)c3)CC2)c(OC)c1. The third-order valence-electron chi connectivity index (χ3n) is 7.01. The number of hydrogen-bond donors (Lipinski definition) is 1. The van der Waals surface area contributed by atoms with Crippen molar-refractivity contribution in [3.63, 3.8) is 0 Å². The fraction of sp³-hybridized carbons (Fsp3) is 0.367. The number of likely N-dealkylation sites (tertiary alicyclic amines) is 1. The van der Waals surface area contributed by atoms with Gasteiger partial charge < -0.3 is 19.5 Å². The molecular formula is C30H36N2O4S. The fourth-order valence-electron chi connectivity index (χ4n) is 4.87. The van der Waals surface area contributed by atoms with Crippen LogP contribution in [0.4, 0.5) is 0 Å². The predicted octanol–water partition coefficient (Wildman–Crippen LogP) is 5.74. The lowest BCUT2D eigenvalue weighted by atomic mass is 9.88. The largest absolute Gasteiger partial charge is 0.496 e. The van der Waals surface area contributed by atoms with E-state index in [0.29, 0.717) is 18.0 Å². The Morgan fingerprint density at radius 3 is 2.22 bits per heavy atom. The van der Waals surface area contributed by atoms with Gasteiger partial charge in [0.25, 0.3) is 5.91 Å². The average molecular weight is 521 g/mol. The van der Waals surface area contributed by atoms with Gasteiger partial charge in [0.1, 0.15) is 17.2 Å². The molecule has 0 atom stereocenters. The molecule has 1 saturated heterocycles. The summed E-state index contributed by atoms with van der Waals surface area (Å²) in [7, 11) is 5.01. The molecule has 0 unspecified atom stereocenters. The molecule has 0 bridgehead atoms. The molecule has 7 heteroatoms. The van der Waals surface area contributed by atoms with Crippen LogP contribution in [-0.4, -0.2) is 51.5 Å². The summed E-state index contributed by atoms with van der Waals surface area (Å²) in [4.78, 5) is 16.2. The van der Waals surface area contributed by atoms with Gasteiger partial charge in [-0.1, -0.05) is 24.3 Å². The first-order chi connectivity index (χ1) is 18.0. The monoisotopic (exact) mass is 520 g/mol. The number of rotatable bonds is 10. The van der Waals surface area contributed by atoms with Crippen molar-refractivity contribution in [3.05, 3.63) is 82.9 Å². The number of hydrogen-bond acceptors (Lipinski definition) is 6. The number of methoxy groups -OCH3 is 3. The van der Waals surface area contributed by atoms with Gasteiger partial charge in [-0.2, -0.15) is 0 Å². The highest BCUT2D eigenvalue weighted by Gasteiger charge is 2.23. The first-order valence-corrected chi connectivity index (χ1v) is 13.8. The third-order valence-corrected chi connectivity index (χ3v) is 7.76. The summed E-state index contributed by atoms with van der Waals surface area (Å²) in [6.45, 7) is 3.28. The zero-order chi connectivity index (χ0) is 26.2. The summed E-state index contributed by atoms with van der Waals surface area (Å²) in [6.07, 6.45) is 4.19. The molecule has 1 amide bonds. The van der Waals surface area contributed by atoms with E-state index in [1.807, 2.05) is 42.7 Å². The molecule has 1 heterocycles. The van der Waals surface area contributed by atoms with E-state index in [0.717, 1.165) is 65.7 Å². The minimum atomic E-state index is -0.0456. The van der Waals surface area contributed by atoms with Gasteiger partial charge in [-0.25, -0.2) is 0 Å². The quantitative estimate of drug-likeness (QED) is 0.344. The molecule has 1 aliphatic heterocycles. The highest BCUT2D eigenvalue weighted by Crippen LogP contribution is 2.36. The van der Waals surface area contributed by atoms with Crippen LogP contribution in [-0.2, 0) is 13.1 Å². The van der Waals surface area contributed by atoms with Crippen LogP contribution >= 0.6 is 11.8 Å². The van der Waals surface area contributed by atoms with Crippen molar-refractivity contribution in [2.24, 2.45) is 0 Å². The zero-order valence-corrected chi connectivity index (χ0v) is 22.9. The lowest BCUT2D eigenvalue weighted by molar-refractivity contribution is 0.0951. The second-order valence-electron chi connectivity index (χ2n) is 9.22. The topological polar surface area (TPSA) is 60.0 Å². The standard InChI is InChI=1S/C30H36N2O4S/c1-34-25-17-28(35-2)27(29(18-25)36-3)20-32-14-12-22(13-15-32)24-7-5-6-21(16-24)19-31-30(33)23-8-10-26(37-4)11-9-23/h5-11,16-18,22H,12-15,19-20H2,1-4H3,(H,31,33). The van der Waals surface area contributed by atoms with Crippen LogP contribution in [0.1, 0.15) is 45.8 Å². The van der Waals surface area contributed by atoms with Crippen LogP contribution in [0.15, 0.2) is 65.6 Å². The Morgan fingerprint density at radius 2 is 1.62 bits per heavy atom. The lowest BCUT2D eigenvalue weighted by Crippen LogP contribution is -2.32. The third kappa shape index (κ3) is 6.79. The molecule has 3 aromatic rings. The Hall–Kier alpha value is -3.16. The molecule has 3 aromatic carbocycles. The summed E-state index contributed by atoms with van der Waals surface area (Å²) in [5, 5.41) is 3.06. The summed E-state index contributed by atoms with van der Waals surface area (Å²) >= 11 is 1.67. The normalized spacial score (nSPS) is 14.3. The number of benzene rings is 3. The van der Waals surface area contributed by atoms with Gasteiger partial charge in [-0.15, -0.1) is 11.8 Å². The number of ether oxygens (including phenoxy) is 3. The van der Waals surface area contributed by atoms with Crippen molar-refractivity contribution >= 4 is 17.7 Å². The second-order valence-corrected chi connectivity index (χ2v) is 10.1. The Labute approximate surface area is 224 Å². The molecule has 4 rings (SSSR count). The number of amides is 1. The second kappa shape index (κ2) is 12.9. The van der Waals surface area contributed by atoms with E-state index in [4.69, 9.17) is 14.2 Å².